The Labute approximate surface area is 95.4 Å². The Bertz CT molecular complexity index is 445. The van der Waals surface area contributed by atoms with E-state index in [9.17, 15) is 0 Å². The summed E-state index contributed by atoms with van der Waals surface area (Å²) >= 11 is 0. The second kappa shape index (κ2) is 4.81. The molecule has 0 aliphatic heterocycles. The number of aliphatic hydroxyl groups excluding tert-OH is 1. The molecule has 0 amide bonds. The number of hydrogen-bond acceptors (Lipinski definition) is 2. The van der Waals surface area contributed by atoms with Crippen LogP contribution in [0, 0.1) is 0 Å². The molecule has 16 heavy (non-hydrogen) atoms. The minimum Gasteiger partial charge on any atom is -0.399 e. The summed E-state index contributed by atoms with van der Waals surface area (Å²) in [6.07, 6.45) is 0.710. The Morgan fingerprint density at radius 2 is 1.31 bits per heavy atom. The Balaban J connectivity index is 2.24. The van der Waals surface area contributed by atoms with Crippen molar-refractivity contribution in [1.82, 2.24) is 0 Å². The molecule has 0 aliphatic carbocycles. The van der Waals surface area contributed by atoms with Crippen LogP contribution in [0.5, 0.6) is 0 Å². The molecule has 3 N–H and O–H groups in total. The number of nitrogen functional groups attached to an aromatic ring is 1. The molecule has 82 valence electrons. The number of benzene rings is 2. The fourth-order valence-electron chi connectivity index (χ4n) is 1.67. The van der Waals surface area contributed by atoms with Gasteiger partial charge in [-0.1, -0.05) is 36.4 Å². The number of nitrogens with two attached hydrogens (primary N) is 1. The summed E-state index contributed by atoms with van der Waals surface area (Å²) < 4.78 is 0. The van der Waals surface area contributed by atoms with E-state index in [1.807, 2.05) is 36.4 Å². The topological polar surface area (TPSA) is 46.2 Å². The van der Waals surface area contributed by atoms with E-state index in [0.717, 1.165) is 16.8 Å². The van der Waals surface area contributed by atoms with Gasteiger partial charge in [-0.3, -0.25) is 0 Å². The van der Waals surface area contributed by atoms with E-state index in [4.69, 9.17) is 10.8 Å². The molecule has 0 bridgehead atoms. The maximum absolute atomic E-state index is 8.82. The molecule has 0 aromatic heterocycles. The Morgan fingerprint density at radius 3 is 1.81 bits per heavy atom. The first kappa shape index (κ1) is 10.7. The number of anilines is 1. The number of hydrogen-bond donors (Lipinski definition) is 2. The smallest absolute Gasteiger partial charge is 0.0471 e. The van der Waals surface area contributed by atoms with Gasteiger partial charge in [0.1, 0.15) is 0 Å². The maximum Gasteiger partial charge on any atom is 0.0471 e. The average molecular weight is 213 g/mol. The van der Waals surface area contributed by atoms with Gasteiger partial charge in [0, 0.05) is 12.3 Å². The highest BCUT2D eigenvalue weighted by Crippen LogP contribution is 2.20. The van der Waals surface area contributed by atoms with E-state index < -0.39 is 0 Å². The zero-order chi connectivity index (χ0) is 11.4. The van der Waals surface area contributed by atoms with Crippen molar-refractivity contribution in [2.24, 2.45) is 0 Å². The Morgan fingerprint density at radius 1 is 0.812 bits per heavy atom. The van der Waals surface area contributed by atoms with Crippen molar-refractivity contribution in [2.75, 3.05) is 12.3 Å². The molecule has 0 atom stereocenters. The normalized spacial score (nSPS) is 10.3. The minimum absolute atomic E-state index is 0.196. The van der Waals surface area contributed by atoms with Gasteiger partial charge in [-0.15, -0.1) is 0 Å². The predicted octanol–water partition coefficient (Wildman–Crippen LogP) is 2.47. The summed E-state index contributed by atoms with van der Waals surface area (Å²) in [7, 11) is 0. The van der Waals surface area contributed by atoms with Crippen LogP contribution in [0.3, 0.4) is 0 Å². The Kier molecular flexibility index (Phi) is 3.22. The summed E-state index contributed by atoms with van der Waals surface area (Å²) in [6.45, 7) is 0.196. The second-order valence-corrected chi connectivity index (χ2v) is 3.79. The monoisotopic (exact) mass is 213 g/mol. The molecular formula is C14H15NO. The van der Waals surface area contributed by atoms with Crippen molar-refractivity contribution >= 4 is 5.69 Å². The largest absolute Gasteiger partial charge is 0.399 e. The van der Waals surface area contributed by atoms with Crippen LogP contribution in [-0.4, -0.2) is 11.7 Å². The lowest BCUT2D eigenvalue weighted by Gasteiger charge is -2.04. The lowest BCUT2D eigenvalue weighted by molar-refractivity contribution is 0.299. The molecule has 0 aliphatic rings. The summed E-state index contributed by atoms with van der Waals surface area (Å²) in [4.78, 5) is 0. The van der Waals surface area contributed by atoms with Gasteiger partial charge in [0.2, 0.25) is 0 Å². The molecule has 0 saturated heterocycles. The van der Waals surface area contributed by atoms with Crippen molar-refractivity contribution in [1.29, 1.82) is 0 Å². The molecular weight excluding hydrogens is 198 g/mol. The van der Waals surface area contributed by atoms with Gasteiger partial charge in [-0.2, -0.15) is 0 Å². The lowest BCUT2D eigenvalue weighted by atomic mass is 10.0. The summed E-state index contributed by atoms with van der Waals surface area (Å²) in [5, 5.41) is 8.82. The zero-order valence-corrected chi connectivity index (χ0v) is 9.06. The molecule has 0 saturated carbocycles. The van der Waals surface area contributed by atoms with Gasteiger partial charge in [0.15, 0.2) is 0 Å². The van der Waals surface area contributed by atoms with Crippen LogP contribution in [0.4, 0.5) is 5.69 Å². The fraction of sp³-hybridized carbons (Fsp3) is 0.143. The third kappa shape index (κ3) is 2.41. The molecule has 2 nitrogen and oxygen atoms in total. The fourth-order valence-corrected chi connectivity index (χ4v) is 1.67. The second-order valence-electron chi connectivity index (χ2n) is 3.79. The SMILES string of the molecule is Nc1ccc(-c2ccc(CCO)cc2)cc1. The highest BCUT2D eigenvalue weighted by atomic mass is 16.2. The van der Waals surface area contributed by atoms with Crippen LogP contribution in [0.2, 0.25) is 0 Å². The van der Waals surface area contributed by atoms with E-state index in [2.05, 4.69) is 12.1 Å². The highest BCUT2D eigenvalue weighted by molar-refractivity contribution is 5.65. The van der Waals surface area contributed by atoms with Crippen LogP contribution in [-0.2, 0) is 6.42 Å². The van der Waals surface area contributed by atoms with Gasteiger partial charge in [0.25, 0.3) is 0 Å². The van der Waals surface area contributed by atoms with Crippen LogP contribution in [0.25, 0.3) is 11.1 Å². The third-order valence-electron chi connectivity index (χ3n) is 2.60. The van der Waals surface area contributed by atoms with E-state index >= 15 is 0 Å². The van der Waals surface area contributed by atoms with Gasteiger partial charge >= 0.3 is 0 Å². The lowest BCUT2D eigenvalue weighted by Crippen LogP contribution is -1.90. The molecule has 2 aromatic carbocycles. The standard InChI is InChI=1S/C14H15NO/c15-14-7-5-13(6-8-14)12-3-1-11(2-4-12)9-10-16/h1-8,16H,9-10,15H2. The van der Waals surface area contributed by atoms with Crippen molar-refractivity contribution < 1.29 is 5.11 Å². The van der Waals surface area contributed by atoms with Crippen LogP contribution in [0.1, 0.15) is 5.56 Å². The van der Waals surface area contributed by atoms with Gasteiger partial charge < -0.3 is 10.8 Å². The van der Waals surface area contributed by atoms with Crippen LogP contribution < -0.4 is 5.73 Å². The first-order chi connectivity index (χ1) is 7.79. The van der Waals surface area contributed by atoms with E-state index in [0.29, 0.717) is 6.42 Å². The molecule has 0 unspecified atom stereocenters. The first-order valence-corrected chi connectivity index (χ1v) is 5.35. The van der Waals surface area contributed by atoms with E-state index in [-0.39, 0.29) is 6.61 Å². The summed E-state index contributed by atoms with van der Waals surface area (Å²) in [6, 6.07) is 16.0. The number of aliphatic hydroxyl groups is 1. The van der Waals surface area contributed by atoms with Gasteiger partial charge in [0.05, 0.1) is 0 Å². The number of rotatable bonds is 3. The molecule has 2 heteroatoms. The quantitative estimate of drug-likeness (QED) is 0.769. The molecule has 0 radical (unpaired) electrons. The molecule has 0 spiro atoms. The van der Waals surface area contributed by atoms with Crippen molar-refractivity contribution in [3.63, 3.8) is 0 Å². The maximum atomic E-state index is 8.82. The predicted molar refractivity (Wildman–Crippen MR) is 67.1 cm³/mol. The minimum atomic E-state index is 0.196. The van der Waals surface area contributed by atoms with Crippen molar-refractivity contribution in [3.8, 4) is 11.1 Å². The van der Waals surface area contributed by atoms with E-state index in [1.54, 1.807) is 0 Å². The summed E-state index contributed by atoms with van der Waals surface area (Å²) in [5.74, 6) is 0. The molecule has 0 fully saturated rings. The highest BCUT2D eigenvalue weighted by Gasteiger charge is 1.97. The third-order valence-corrected chi connectivity index (χ3v) is 2.60. The van der Waals surface area contributed by atoms with Gasteiger partial charge in [-0.05, 0) is 35.2 Å². The zero-order valence-electron chi connectivity index (χ0n) is 9.06. The van der Waals surface area contributed by atoms with Crippen molar-refractivity contribution in [2.45, 2.75) is 6.42 Å². The van der Waals surface area contributed by atoms with E-state index in [1.165, 1.54) is 5.56 Å². The van der Waals surface area contributed by atoms with Crippen LogP contribution in [0.15, 0.2) is 48.5 Å². The van der Waals surface area contributed by atoms with Crippen LogP contribution >= 0.6 is 0 Å². The summed E-state index contributed by atoms with van der Waals surface area (Å²) in [5.41, 5.74) is 9.90. The molecule has 0 heterocycles. The average Bonchev–Trinajstić information content (AvgIpc) is 2.32. The Hall–Kier alpha value is -1.80. The van der Waals surface area contributed by atoms with Crippen molar-refractivity contribution in [3.05, 3.63) is 54.1 Å². The molecule has 2 rings (SSSR count). The first-order valence-electron chi connectivity index (χ1n) is 5.35. The van der Waals surface area contributed by atoms with Gasteiger partial charge in [-0.25, -0.2) is 0 Å². The molecule has 2 aromatic rings.